The molecule has 0 saturated heterocycles. The minimum atomic E-state index is -0.149. The number of rotatable bonds is 11. The van der Waals surface area contributed by atoms with Crippen LogP contribution >= 0.6 is 0 Å². The summed E-state index contributed by atoms with van der Waals surface area (Å²) < 4.78 is 11.3. The summed E-state index contributed by atoms with van der Waals surface area (Å²) in [7, 11) is 1.63. The van der Waals surface area contributed by atoms with E-state index in [9.17, 15) is 4.79 Å². The van der Waals surface area contributed by atoms with Crippen LogP contribution in [0.4, 0.5) is 5.69 Å². The molecule has 2 aromatic carbocycles. The van der Waals surface area contributed by atoms with Crippen molar-refractivity contribution in [2.24, 2.45) is 0 Å². The first-order valence-corrected chi connectivity index (χ1v) is 10.5. The first-order chi connectivity index (χ1) is 14.1. The maximum Gasteiger partial charge on any atom is 0.248 e. The van der Waals surface area contributed by atoms with Gasteiger partial charge in [0.15, 0.2) is 11.5 Å². The minimum Gasteiger partial charge on any atom is -0.493 e. The Kier molecular flexibility index (Phi) is 9.29. The number of aryl methyl sites for hydroxylation is 2. The number of ether oxygens (including phenoxy) is 2. The minimum absolute atomic E-state index is 0.149. The Morgan fingerprint density at radius 3 is 2.62 bits per heavy atom. The second-order valence-electron chi connectivity index (χ2n) is 7.10. The Hall–Kier alpha value is -2.75. The maximum atomic E-state index is 12.4. The number of benzene rings is 2. The lowest BCUT2D eigenvalue weighted by Crippen LogP contribution is -2.11. The summed E-state index contributed by atoms with van der Waals surface area (Å²) in [4.78, 5) is 12.4. The highest BCUT2D eigenvalue weighted by molar-refractivity contribution is 6.02. The summed E-state index contributed by atoms with van der Waals surface area (Å²) in [6.07, 6.45) is 8.86. The van der Waals surface area contributed by atoms with Gasteiger partial charge in [0.05, 0.1) is 13.7 Å². The van der Waals surface area contributed by atoms with E-state index in [0.717, 1.165) is 41.0 Å². The molecule has 2 aromatic rings. The molecule has 0 aromatic heterocycles. The van der Waals surface area contributed by atoms with Crippen LogP contribution in [0.1, 0.15) is 56.2 Å². The van der Waals surface area contributed by atoms with Crippen molar-refractivity contribution >= 4 is 17.7 Å². The van der Waals surface area contributed by atoms with Gasteiger partial charge >= 0.3 is 0 Å². The summed E-state index contributed by atoms with van der Waals surface area (Å²) in [5.74, 6) is 1.26. The van der Waals surface area contributed by atoms with Crippen LogP contribution in [0.3, 0.4) is 0 Å². The number of carbonyl (C=O) groups excluding carboxylic acids is 1. The molecule has 2 rings (SSSR count). The topological polar surface area (TPSA) is 47.6 Å². The van der Waals surface area contributed by atoms with Gasteiger partial charge in [-0.2, -0.15) is 0 Å². The third-order valence-corrected chi connectivity index (χ3v) is 4.86. The maximum absolute atomic E-state index is 12.4. The normalized spacial score (nSPS) is 10.9. The number of para-hydroxylation sites is 1. The smallest absolute Gasteiger partial charge is 0.248 e. The molecule has 1 amide bonds. The molecule has 0 spiro atoms. The van der Waals surface area contributed by atoms with Gasteiger partial charge in [0.2, 0.25) is 5.91 Å². The lowest BCUT2D eigenvalue weighted by atomic mass is 10.1. The van der Waals surface area contributed by atoms with Crippen molar-refractivity contribution in [3.05, 3.63) is 59.2 Å². The molecule has 29 heavy (non-hydrogen) atoms. The highest BCUT2D eigenvalue weighted by Gasteiger charge is 2.08. The highest BCUT2D eigenvalue weighted by atomic mass is 16.5. The van der Waals surface area contributed by atoms with Crippen LogP contribution in [0.25, 0.3) is 6.08 Å². The van der Waals surface area contributed by atoms with E-state index in [1.807, 2.05) is 43.3 Å². The van der Waals surface area contributed by atoms with Gasteiger partial charge in [-0.1, -0.05) is 57.4 Å². The van der Waals surface area contributed by atoms with Crippen LogP contribution in [0.15, 0.2) is 42.5 Å². The standard InChI is InChI=1S/C25H33NO3/c1-5-7-8-9-17-29-22-15-13-20(18-23(22)28-4)14-16-24(27)26-25-19(3)11-10-12-21(25)6-2/h10-16,18H,5-9,17H2,1-4H3,(H,26,27)/b16-14+. The molecule has 0 bridgehead atoms. The number of nitrogens with one attached hydrogen (secondary N) is 1. The van der Waals surface area contributed by atoms with Crippen LogP contribution in [-0.2, 0) is 11.2 Å². The summed E-state index contributed by atoms with van der Waals surface area (Å²) >= 11 is 0. The molecule has 0 radical (unpaired) electrons. The summed E-state index contributed by atoms with van der Waals surface area (Å²) in [6.45, 7) is 6.97. The third kappa shape index (κ3) is 6.97. The molecule has 0 heterocycles. The highest BCUT2D eigenvalue weighted by Crippen LogP contribution is 2.29. The van der Waals surface area contributed by atoms with E-state index in [4.69, 9.17) is 9.47 Å². The van der Waals surface area contributed by atoms with Gasteiger partial charge in [-0.05, 0) is 54.7 Å². The SMILES string of the molecule is CCCCCCOc1ccc(/C=C/C(=O)Nc2c(C)cccc2CC)cc1OC. The van der Waals surface area contributed by atoms with Crippen LogP contribution in [-0.4, -0.2) is 19.6 Å². The van der Waals surface area contributed by atoms with E-state index >= 15 is 0 Å². The monoisotopic (exact) mass is 395 g/mol. The molecular weight excluding hydrogens is 362 g/mol. The average molecular weight is 396 g/mol. The van der Waals surface area contributed by atoms with Gasteiger partial charge < -0.3 is 14.8 Å². The molecular formula is C25H33NO3. The van der Waals surface area contributed by atoms with Crippen molar-refractivity contribution in [1.82, 2.24) is 0 Å². The van der Waals surface area contributed by atoms with E-state index in [0.29, 0.717) is 12.4 Å². The molecule has 0 aliphatic heterocycles. The quantitative estimate of drug-likeness (QED) is 0.365. The second kappa shape index (κ2) is 11.9. The molecule has 0 saturated carbocycles. The van der Waals surface area contributed by atoms with Crippen LogP contribution in [0.2, 0.25) is 0 Å². The molecule has 0 unspecified atom stereocenters. The van der Waals surface area contributed by atoms with E-state index in [1.165, 1.54) is 19.3 Å². The molecule has 156 valence electrons. The number of carbonyl (C=O) groups is 1. The predicted molar refractivity (Wildman–Crippen MR) is 121 cm³/mol. The predicted octanol–water partition coefficient (Wildman–Crippen LogP) is 6.18. The number of amides is 1. The van der Waals surface area contributed by atoms with Gasteiger partial charge in [0, 0.05) is 11.8 Å². The van der Waals surface area contributed by atoms with E-state index in [-0.39, 0.29) is 5.91 Å². The van der Waals surface area contributed by atoms with E-state index in [1.54, 1.807) is 19.3 Å². The molecule has 4 heteroatoms. The summed E-state index contributed by atoms with van der Waals surface area (Å²) in [5.41, 5.74) is 3.98. The Labute approximate surface area is 174 Å². The fraction of sp³-hybridized carbons (Fsp3) is 0.400. The van der Waals surface area contributed by atoms with Crippen molar-refractivity contribution in [3.8, 4) is 11.5 Å². The van der Waals surface area contributed by atoms with Gasteiger partial charge in [-0.15, -0.1) is 0 Å². The van der Waals surface area contributed by atoms with Gasteiger partial charge in [0.1, 0.15) is 0 Å². The summed E-state index contributed by atoms with van der Waals surface area (Å²) in [5, 5.41) is 3.00. The molecule has 0 aliphatic carbocycles. The molecule has 4 nitrogen and oxygen atoms in total. The second-order valence-corrected chi connectivity index (χ2v) is 7.10. The van der Waals surface area contributed by atoms with E-state index < -0.39 is 0 Å². The number of methoxy groups -OCH3 is 1. The van der Waals surface area contributed by atoms with Crippen molar-refractivity contribution < 1.29 is 14.3 Å². The fourth-order valence-corrected chi connectivity index (χ4v) is 3.16. The Morgan fingerprint density at radius 1 is 1.07 bits per heavy atom. The van der Waals surface area contributed by atoms with Crippen molar-refractivity contribution in [3.63, 3.8) is 0 Å². The lowest BCUT2D eigenvalue weighted by Gasteiger charge is -2.12. The third-order valence-electron chi connectivity index (χ3n) is 4.86. The van der Waals surface area contributed by atoms with Crippen LogP contribution < -0.4 is 14.8 Å². The van der Waals surface area contributed by atoms with Gasteiger partial charge in [-0.3, -0.25) is 4.79 Å². The summed E-state index contributed by atoms with van der Waals surface area (Å²) in [6, 6.07) is 11.8. The van der Waals surface area contributed by atoms with Crippen molar-refractivity contribution in [2.75, 3.05) is 19.0 Å². The molecule has 0 fully saturated rings. The number of hydrogen-bond acceptors (Lipinski definition) is 3. The van der Waals surface area contributed by atoms with Gasteiger partial charge in [0.25, 0.3) is 0 Å². The Balaban J connectivity index is 2.00. The van der Waals surface area contributed by atoms with Crippen molar-refractivity contribution in [2.45, 2.75) is 52.9 Å². The lowest BCUT2D eigenvalue weighted by molar-refractivity contribution is -0.111. The average Bonchev–Trinajstić information content (AvgIpc) is 2.74. The number of anilines is 1. The zero-order valence-corrected chi connectivity index (χ0v) is 18.1. The Morgan fingerprint density at radius 2 is 1.90 bits per heavy atom. The molecule has 0 atom stereocenters. The molecule has 1 N–H and O–H groups in total. The number of unbranched alkanes of at least 4 members (excludes halogenated alkanes) is 3. The first-order valence-electron chi connectivity index (χ1n) is 10.5. The zero-order valence-electron chi connectivity index (χ0n) is 18.1. The van der Waals surface area contributed by atoms with Crippen LogP contribution in [0.5, 0.6) is 11.5 Å². The van der Waals surface area contributed by atoms with Gasteiger partial charge in [-0.25, -0.2) is 0 Å². The van der Waals surface area contributed by atoms with Crippen LogP contribution in [0, 0.1) is 6.92 Å². The Bertz CT molecular complexity index is 827. The zero-order chi connectivity index (χ0) is 21.1. The molecule has 0 aliphatic rings. The first kappa shape index (κ1) is 22.5. The largest absolute Gasteiger partial charge is 0.493 e. The van der Waals surface area contributed by atoms with Crippen molar-refractivity contribution in [1.29, 1.82) is 0 Å². The fourth-order valence-electron chi connectivity index (χ4n) is 3.16. The van der Waals surface area contributed by atoms with E-state index in [2.05, 4.69) is 19.2 Å². The number of hydrogen-bond donors (Lipinski definition) is 1.